The maximum absolute atomic E-state index is 12.1. The summed E-state index contributed by atoms with van der Waals surface area (Å²) in [6, 6.07) is 7.24. The van der Waals surface area contributed by atoms with Crippen LogP contribution in [0.5, 0.6) is 0 Å². The van der Waals surface area contributed by atoms with Crippen molar-refractivity contribution in [2.75, 3.05) is 19.6 Å². The highest BCUT2D eigenvalue weighted by Gasteiger charge is 2.29. The fraction of sp³-hybridized carbons (Fsp3) is 0.529. The van der Waals surface area contributed by atoms with E-state index >= 15 is 0 Å². The van der Waals surface area contributed by atoms with Crippen molar-refractivity contribution < 1.29 is 14.3 Å². The molecule has 1 aromatic rings. The van der Waals surface area contributed by atoms with E-state index in [1.807, 2.05) is 32.9 Å². The van der Waals surface area contributed by atoms with Gasteiger partial charge in [0, 0.05) is 29.7 Å². The van der Waals surface area contributed by atoms with Crippen LogP contribution in [0.3, 0.4) is 0 Å². The van der Waals surface area contributed by atoms with E-state index in [0.717, 1.165) is 10.9 Å². The summed E-state index contributed by atoms with van der Waals surface area (Å²) in [5, 5.41) is 2.94. The number of nitrogens with one attached hydrogen (secondary N) is 1. The van der Waals surface area contributed by atoms with Gasteiger partial charge in [-0.05, 0) is 57.4 Å². The molecule has 0 radical (unpaired) electrons. The van der Waals surface area contributed by atoms with Gasteiger partial charge in [-0.2, -0.15) is 0 Å². The number of hydrogen-bond acceptors (Lipinski definition) is 3. The molecule has 1 aliphatic heterocycles. The zero-order chi connectivity index (χ0) is 17.0. The van der Waals surface area contributed by atoms with Gasteiger partial charge in [-0.15, -0.1) is 0 Å². The molecule has 0 aliphatic carbocycles. The molecule has 0 bridgehead atoms. The first kappa shape index (κ1) is 17.8. The first-order valence-electron chi connectivity index (χ1n) is 7.76. The van der Waals surface area contributed by atoms with Crippen LogP contribution in [0.1, 0.15) is 37.6 Å². The van der Waals surface area contributed by atoms with Gasteiger partial charge in [0.05, 0.1) is 0 Å². The molecule has 1 N–H and O–H groups in total. The Morgan fingerprint density at radius 1 is 1.30 bits per heavy atom. The van der Waals surface area contributed by atoms with E-state index in [0.29, 0.717) is 25.2 Å². The van der Waals surface area contributed by atoms with Gasteiger partial charge in [0.1, 0.15) is 5.60 Å². The molecule has 1 fully saturated rings. The lowest BCUT2D eigenvalue weighted by Crippen LogP contribution is -2.36. The molecule has 0 spiro atoms. The summed E-state index contributed by atoms with van der Waals surface area (Å²) in [6.07, 6.45) is 0.596. The summed E-state index contributed by atoms with van der Waals surface area (Å²) < 4.78 is 6.31. The normalized spacial score (nSPS) is 17.9. The summed E-state index contributed by atoms with van der Waals surface area (Å²) >= 11 is 3.35. The van der Waals surface area contributed by atoms with Crippen LogP contribution >= 0.6 is 15.9 Å². The molecular weight excluding hydrogens is 360 g/mol. The predicted octanol–water partition coefficient (Wildman–Crippen LogP) is 3.44. The summed E-state index contributed by atoms with van der Waals surface area (Å²) in [4.78, 5) is 25.8. The molecule has 1 saturated heterocycles. The van der Waals surface area contributed by atoms with Gasteiger partial charge in [-0.3, -0.25) is 4.79 Å². The van der Waals surface area contributed by atoms with Crippen LogP contribution in [-0.2, 0) is 4.74 Å². The lowest BCUT2D eigenvalue weighted by molar-refractivity contribution is 0.0288. The van der Waals surface area contributed by atoms with Gasteiger partial charge in [0.2, 0.25) is 0 Å². The van der Waals surface area contributed by atoms with E-state index in [4.69, 9.17) is 4.74 Å². The lowest BCUT2D eigenvalue weighted by Gasteiger charge is -2.24. The minimum absolute atomic E-state index is 0.0896. The van der Waals surface area contributed by atoms with Crippen molar-refractivity contribution in [2.45, 2.75) is 32.8 Å². The molecule has 1 heterocycles. The molecule has 1 aliphatic rings. The van der Waals surface area contributed by atoms with Gasteiger partial charge >= 0.3 is 6.09 Å². The van der Waals surface area contributed by atoms with E-state index in [-0.39, 0.29) is 17.9 Å². The van der Waals surface area contributed by atoms with Gasteiger partial charge in [0.25, 0.3) is 5.91 Å². The van der Waals surface area contributed by atoms with Crippen molar-refractivity contribution in [3.8, 4) is 0 Å². The average molecular weight is 383 g/mol. The standard InChI is InChI=1S/C17H23BrN2O3/c1-17(2,3)23-16(22)20-9-8-12(11-20)10-19-15(21)13-4-6-14(18)7-5-13/h4-7,12H,8-11H2,1-3H3,(H,19,21). The maximum atomic E-state index is 12.1. The first-order chi connectivity index (χ1) is 10.7. The highest BCUT2D eigenvalue weighted by Crippen LogP contribution is 2.19. The number of rotatable bonds is 3. The van der Waals surface area contributed by atoms with Crippen LogP contribution in [0, 0.1) is 5.92 Å². The molecule has 5 nitrogen and oxygen atoms in total. The maximum Gasteiger partial charge on any atom is 0.410 e. The second-order valence-corrected chi connectivity index (χ2v) is 7.71. The van der Waals surface area contributed by atoms with Crippen LogP contribution < -0.4 is 5.32 Å². The van der Waals surface area contributed by atoms with Crippen molar-refractivity contribution in [3.63, 3.8) is 0 Å². The quantitative estimate of drug-likeness (QED) is 0.870. The number of halogens is 1. The van der Waals surface area contributed by atoms with Crippen LogP contribution in [0.15, 0.2) is 28.7 Å². The van der Waals surface area contributed by atoms with E-state index in [2.05, 4.69) is 21.2 Å². The van der Waals surface area contributed by atoms with E-state index < -0.39 is 5.60 Å². The Morgan fingerprint density at radius 3 is 2.57 bits per heavy atom. The monoisotopic (exact) mass is 382 g/mol. The van der Waals surface area contributed by atoms with Gasteiger partial charge < -0.3 is 15.0 Å². The Balaban J connectivity index is 1.78. The lowest BCUT2D eigenvalue weighted by atomic mass is 10.1. The zero-order valence-electron chi connectivity index (χ0n) is 13.8. The third-order valence-corrected chi connectivity index (χ3v) is 4.12. The van der Waals surface area contributed by atoms with Crippen molar-refractivity contribution in [1.82, 2.24) is 10.2 Å². The summed E-state index contributed by atoms with van der Waals surface area (Å²) in [5.41, 5.74) is 0.153. The topological polar surface area (TPSA) is 58.6 Å². The van der Waals surface area contributed by atoms with E-state index in [1.165, 1.54) is 0 Å². The van der Waals surface area contributed by atoms with Crippen LogP contribution in [0.4, 0.5) is 4.79 Å². The summed E-state index contributed by atoms with van der Waals surface area (Å²) in [7, 11) is 0. The molecule has 126 valence electrons. The molecule has 1 aromatic carbocycles. The molecular formula is C17H23BrN2O3. The molecule has 0 saturated carbocycles. The third kappa shape index (κ3) is 5.53. The molecule has 1 atom stereocenters. The van der Waals surface area contributed by atoms with Crippen LogP contribution in [0.25, 0.3) is 0 Å². The van der Waals surface area contributed by atoms with Crippen molar-refractivity contribution >= 4 is 27.9 Å². The first-order valence-corrected chi connectivity index (χ1v) is 8.55. The molecule has 23 heavy (non-hydrogen) atoms. The summed E-state index contributed by atoms with van der Waals surface area (Å²) in [6.45, 7) is 7.43. The number of likely N-dealkylation sites (tertiary alicyclic amines) is 1. The van der Waals surface area contributed by atoms with Gasteiger partial charge in [-0.1, -0.05) is 15.9 Å². The average Bonchev–Trinajstić information content (AvgIpc) is 2.93. The SMILES string of the molecule is CC(C)(C)OC(=O)N1CCC(CNC(=O)c2ccc(Br)cc2)C1. The molecule has 1 unspecified atom stereocenters. The number of nitrogens with zero attached hydrogens (tertiary/aromatic N) is 1. The molecule has 2 rings (SSSR count). The highest BCUT2D eigenvalue weighted by atomic mass is 79.9. The molecule has 0 aromatic heterocycles. The summed E-state index contributed by atoms with van der Waals surface area (Å²) in [5.74, 6) is 0.176. The Labute approximate surface area is 145 Å². The van der Waals surface area contributed by atoms with Crippen LogP contribution in [-0.4, -0.2) is 42.1 Å². The van der Waals surface area contributed by atoms with Crippen LogP contribution in [0.2, 0.25) is 0 Å². The third-order valence-electron chi connectivity index (χ3n) is 3.60. The van der Waals surface area contributed by atoms with Gasteiger partial charge in [-0.25, -0.2) is 4.79 Å². The second-order valence-electron chi connectivity index (χ2n) is 6.80. The largest absolute Gasteiger partial charge is 0.444 e. The Bertz CT molecular complexity index is 566. The smallest absolute Gasteiger partial charge is 0.410 e. The fourth-order valence-corrected chi connectivity index (χ4v) is 2.70. The Morgan fingerprint density at radius 2 is 1.96 bits per heavy atom. The van der Waals surface area contributed by atoms with Gasteiger partial charge in [0.15, 0.2) is 0 Å². The number of benzene rings is 1. The minimum atomic E-state index is -0.481. The zero-order valence-corrected chi connectivity index (χ0v) is 15.4. The number of hydrogen-bond donors (Lipinski definition) is 1. The number of carbonyl (C=O) groups excluding carboxylic acids is 2. The number of ether oxygens (including phenoxy) is 1. The van der Waals surface area contributed by atoms with Crippen molar-refractivity contribution in [1.29, 1.82) is 0 Å². The fourth-order valence-electron chi connectivity index (χ4n) is 2.43. The Kier molecular flexibility index (Phi) is 5.68. The van der Waals surface area contributed by atoms with E-state index in [9.17, 15) is 9.59 Å². The Hall–Kier alpha value is -1.56. The molecule has 2 amide bonds. The second kappa shape index (κ2) is 7.34. The predicted molar refractivity (Wildman–Crippen MR) is 92.4 cm³/mol. The minimum Gasteiger partial charge on any atom is -0.444 e. The number of amides is 2. The van der Waals surface area contributed by atoms with Crippen molar-refractivity contribution in [2.24, 2.45) is 5.92 Å². The molecule has 6 heteroatoms. The number of carbonyl (C=O) groups is 2. The van der Waals surface area contributed by atoms with E-state index in [1.54, 1.807) is 17.0 Å². The highest BCUT2D eigenvalue weighted by molar-refractivity contribution is 9.10. The van der Waals surface area contributed by atoms with Crippen molar-refractivity contribution in [3.05, 3.63) is 34.3 Å².